The first-order chi connectivity index (χ1) is 8.17. The SMILES string of the molecule is CCOC(=O)c1cc2c(nc(COC)n2C)s1. The van der Waals surface area contributed by atoms with Crippen molar-refractivity contribution in [2.45, 2.75) is 13.5 Å². The maximum atomic E-state index is 11.6. The average molecular weight is 254 g/mol. The van der Waals surface area contributed by atoms with Gasteiger partial charge in [-0.2, -0.15) is 0 Å². The summed E-state index contributed by atoms with van der Waals surface area (Å²) in [5, 5.41) is 0. The Labute approximate surface area is 103 Å². The van der Waals surface area contributed by atoms with E-state index in [0.29, 0.717) is 18.1 Å². The summed E-state index contributed by atoms with van der Waals surface area (Å²) in [6.45, 7) is 2.64. The van der Waals surface area contributed by atoms with Gasteiger partial charge < -0.3 is 14.0 Å². The molecule has 2 aromatic rings. The minimum Gasteiger partial charge on any atom is -0.462 e. The number of aromatic nitrogens is 2. The lowest BCUT2D eigenvalue weighted by atomic mass is 10.4. The molecule has 0 saturated heterocycles. The summed E-state index contributed by atoms with van der Waals surface area (Å²) in [6.07, 6.45) is 0. The van der Waals surface area contributed by atoms with Gasteiger partial charge >= 0.3 is 5.97 Å². The Morgan fingerprint density at radius 2 is 2.35 bits per heavy atom. The number of imidazole rings is 1. The van der Waals surface area contributed by atoms with Crippen molar-refractivity contribution < 1.29 is 14.3 Å². The molecule has 0 unspecified atom stereocenters. The molecule has 92 valence electrons. The minimum absolute atomic E-state index is 0.288. The van der Waals surface area contributed by atoms with E-state index in [0.717, 1.165) is 16.2 Å². The van der Waals surface area contributed by atoms with Gasteiger partial charge in [-0.3, -0.25) is 0 Å². The highest BCUT2D eigenvalue weighted by Crippen LogP contribution is 2.26. The predicted octanol–water partition coefficient (Wildman–Crippen LogP) is 1.96. The van der Waals surface area contributed by atoms with Crippen molar-refractivity contribution in [2.24, 2.45) is 7.05 Å². The smallest absolute Gasteiger partial charge is 0.348 e. The maximum Gasteiger partial charge on any atom is 0.348 e. The summed E-state index contributed by atoms with van der Waals surface area (Å²) in [5.41, 5.74) is 0.935. The number of aryl methyl sites for hydroxylation is 1. The van der Waals surface area contributed by atoms with Crippen LogP contribution in [0.15, 0.2) is 6.07 Å². The van der Waals surface area contributed by atoms with Crippen molar-refractivity contribution >= 4 is 27.7 Å². The second kappa shape index (κ2) is 4.85. The molecule has 0 aliphatic carbocycles. The molecule has 0 aromatic carbocycles. The van der Waals surface area contributed by atoms with E-state index < -0.39 is 0 Å². The lowest BCUT2D eigenvalue weighted by Crippen LogP contribution is -2.02. The summed E-state index contributed by atoms with van der Waals surface area (Å²) in [6, 6.07) is 1.81. The molecule has 0 aliphatic rings. The third-order valence-electron chi connectivity index (χ3n) is 2.42. The van der Waals surface area contributed by atoms with Crippen molar-refractivity contribution in [1.29, 1.82) is 0 Å². The average Bonchev–Trinajstić information content (AvgIpc) is 2.82. The van der Waals surface area contributed by atoms with Gasteiger partial charge in [0.05, 0.1) is 12.1 Å². The minimum atomic E-state index is -0.288. The number of esters is 1. The molecular formula is C11H14N2O3S. The van der Waals surface area contributed by atoms with Gasteiger partial charge in [0.15, 0.2) is 0 Å². The van der Waals surface area contributed by atoms with E-state index in [-0.39, 0.29) is 5.97 Å². The standard InChI is InChI=1S/C11H14N2O3S/c1-4-16-11(14)8-5-7-10(17-8)12-9(6-15-3)13(7)2/h5H,4,6H2,1-3H3. The summed E-state index contributed by atoms with van der Waals surface area (Å²) in [7, 11) is 3.54. The van der Waals surface area contributed by atoms with Gasteiger partial charge in [-0.15, -0.1) is 11.3 Å². The Hall–Kier alpha value is -1.40. The van der Waals surface area contributed by atoms with Gasteiger partial charge in [0.2, 0.25) is 0 Å². The predicted molar refractivity (Wildman–Crippen MR) is 65.3 cm³/mol. The zero-order chi connectivity index (χ0) is 12.4. The van der Waals surface area contributed by atoms with E-state index in [2.05, 4.69) is 4.98 Å². The highest BCUT2D eigenvalue weighted by molar-refractivity contribution is 7.20. The van der Waals surface area contributed by atoms with Gasteiger partial charge in [-0.25, -0.2) is 9.78 Å². The van der Waals surface area contributed by atoms with Gasteiger partial charge in [0, 0.05) is 14.2 Å². The van der Waals surface area contributed by atoms with E-state index >= 15 is 0 Å². The molecule has 0 saturated carbocycles. The lowest BCUT2D eigenvalue weighted by molar-refractivity contribution is 0.0532. The zero-order valence-corrected chi connectivity index (χ0v) is 10.8. The lowest BCUT2D eigenvalue weighted by Gasteiger charge is -2.00. The van der Waals surface area contributed by atoms with Crippen molar-refractivity contribution in [3.05, 3.63) is 16.8 Å². The Morgan fingerprint density at radius 3 is 2.94 bits per heavy atom. The van der Waals surface area contributed by atoms with E-state index in [1.807, 2.05) is 17.7 Å². The van der Waals surface area contributed by atoms with Crippen molar-refractivity contribution in [1.82, 2.24) is 9.55 Å². The molecule has 0 amide bonds. The molecule has 0 spiro atoms. The highest BCUT2D eigenvalue weighted by atomic mass is 32.1. The first-order valence-electron chi connectivity index (χ1n) is 5.28. The largest absolute Gasteiger partial charge is 0.462 e. The maximum absolute atomic E-state index is 11.6. The first kappa shape index (κ1) is 12.1. The van der Waals surface area contributed by atoms with Crippen LogP contribution in [0.25, 0.3) is 10.3 Å². The number of ether oxygens (including phenoxy) is 2. The number of hydrogen-bond acceptors (Lipinski definition) is 5. The summed E-state index contributed by atoms with van der Waals surface area (Å²) in [5.74, 6) is 0.563. The Kier molecular flexibility index (Phi) is 3.44. The fourth-order valence-electron chi connectivity index (χ4n) is 1.58. The summed E-state index contributed by atoms with van der Waals surface area (Å²) >= 11 is 1.34. The van der Waals surface area contributed by atoms with E-state index in [9.17, 15) is 4.79 Å². The third kappa shape index (κ3) is 2.18. The van der Waals surface area contributed by atoms with Crippen LogP contribution < -0.4 is 0 Å². The number of hydrogen-bond donors (Lipinski definition) is 0. The molecular weight excluding hydrogens is 240 g/mol. The van der Waals surface area contributed by atoms with Gasteiger partial charge in [0.25, 0.3) is 0 Å². The van der Waals surface area contributed by atoms with Gasteiger partial charge in [-0.05, 0) is 13.0 Å². The van der Waals surface area contributed by atoms with Crippen molar-refractivity contribution in [2.75, 3.05) is 13.7 Å². The first-order valence-corrected chi connectivity index (χ1v) is 6.10. The zero-order valence-electron chi connectivity index (χ0n) is 10.0. The van der Waals surface area contributed by atoms with Crippen LogP contribution in [0.1, 0.15) is 22.4 Å². The Morgan fingerprint density at radius 1 is 1.59 bits per heavy atom. The van der Waals surface area contributed by atoms with Crippen LogP contribution in [0.3, 0.4) is 0 Å². The molecule has 2 aromatic heterocycles. The van der Waals surface area contributed by atoms with Crippen molar-refractivity contribution in [3.63, 3.8) is 0 Å². The molecule has 0 aliphatic heterocycles. The molecule has 2 heterocycles. The summed E-state index contributed by atoms with van der Waals surface area (Å²) < 4.78 is 11.9. The number of carbonyl (C=O) groups is 1. The Bertz CT molecular complexity index is 544. The molecule has 0 radical (unpaired) electrons. The van der Waals surface area contributed by atoms with Gasteiger partial charge in [-0.1, -0.05) is 0 Å². The third-order valence-corrected chi connectivity index (χ3v) is 3.42. The van der Waals surface area contributed by atoms with Crippen LogP contribution in [0, 0.1) is 0 Å². The fraction of sp³-hybridized carbons (Fsp3) is 0.455. The molecule has 0 fully saturated rings. The van der Waals surface area contributed by atoms with Crippen LogP contribution >= 0.6 is 11.3 Å². The molecule has 0 N–H and O–H groups in total. The summed E-state index contributed by atoms with van der Waals surface area (Å²) in [4.78, 5) is 17.4. The number of thiophene rings is 1. The topological polar surface area (TPSA) is 53.4 Å². The van der Waals surface area contributed by atoms with E-state index in [4.69, 9.17) is 9.47 Å². The number of fused-ring (bicyclic) bond motifs is 1. The molecule has 0 atom stereocenters. The monoisotopic (exact) mass is 254 g/mol. The molecule has 5 nitrogen and oxygen atoms in total. The highest BCUT2D eigenvalue weighted by Gasteiger charge is 2.16. The van der Waals surface area contributed by atoms with Crippen LogP contribution in [0.2, 0.25) is 0 Å². The molecule has 6 heteroatoms. The normalized spacial score (nSPS) is 11.0. The van der Waals surface area contributed by atoms with Crippen LogP contribution in [-0.4, -0.2) is 29.2 Å². The molecule has 0 bridgehead atoms. The fourth-order valence-corrected chi connectivity index (χ4v) is 2.56. The Balaban J connectivity index is 2.36. The number of methoxy groups -OCH3 is 1. The van der Waals surface area contributed by atoms with Crippen LogP contribution in [0.5, 0.6) is 0 Å². The second-order valence-corrected chi connectivity index (χ2v) is 4.57. The van der Waals surface area contributed by atoms with E-state index in [1.165, 1.54) is 11.3 Å². The van der Waals surface area contributed by atoms with Crippen LogP contribution in [-0.2, 0) is 23.1 Å². The van der Waals surface area contributed by atoms with E-state index in [1.54, 1.807) is 14.0 Å². The molecule has 2 rings (SSSR count). The number of nitrogens with zero attached hydrogens (tertiary/aromatic N) is 2. The van der Waals surface area contributed by atoms with Crippen molar-refractivity contribution in [3.8, 4) is 0 Å². The number of carbonyl (C=O) groups excluding carboxylic acids is 1. The van der Waals surface area contributed by atoms with Gasteiger partial charge in [0.1, 0.15) is 22.1 Å². The number of rotatable bonds is 4. The molecule has 17 heavy (non-hydrogen) atoms. The second-order valence-electron chi connectivity index (χ2n) is 3.54. The quantitative estimate of drug-likeness (QED) is 0.783. The van der Waals surface area contributed by atoms with Crippen LogP contribution in [0.4, 0.5) is 0 Å².